The SMILES string of the molecule is O=C(O)c1cc(NS(=O)(=O)c2ccccc2)ccc1N1CCC(CCN2CCOCC2)CC1. The van der Waals surface area contributed by atoms with E-state index in [1.165, 1.54) is 18.2 Å². The fraction of sp³-hybridized carbons (Fsp3) is 0.458. The molecule has 0 radical (unpaired) electrons. The van der Waals surface area contributed by atoms with Gasteiger partial charge in [-0.25, -0.2) is 13.2 Å². The quantitative estimate of drug-likeness (QED) is 0.608. The van der Waals surface area contributed by atoms with Crippen molar-refractivity contribution in [2.24, 2.45) is 5.92 Å². The minimum absolute atomic E-state index is 0.107. The molecule has 0 unspecified atom stereocenters. The number of hydrogen-bond donors (Lipinski definition) is 2. The van der Waals surface area contributed by atoms with E-state index in [0.717, 1.165) is 65.2 Å². The molecule has 2 aromatic carbocycles. The van der Waals surface area contributed by atoms with Crippen molar-refractivity contribution in [2.75, 3.05) is 55.6 Å². The van der Waals surface area contributed by atoms with Crippen LogP contribution < -0.4 is 9.62 Å². The number of hydrogen-bond acceptors (Lipinski definition) is 6. The average Bonchev–Trinajstić information content (AvgIpc) is 2.84. The summed E-state index contributed by atoms with van der Waals surface area (Å²) >= 11 is 0. The monoisotopic (exact) mass is 473 g/mol. The van der Waals surface area contributed by atoms with Crippen LogP contribution in [-0.4, -0.2) is 70.3 Å². The average molecular weight is 474 g/mol. The van der Waals surface area contributed by atoms with Crippen molar-refractivity contribution in [1.29, 1.82) is 0 Å². The van der Waals surface area contributed by atoms with Gasteiger partial charge in [0.1, 0.15) is 0 Å². The van der Waals surface area contributed by atoms with Crippen LogP contribution in [0.5, 0.6) is 0 Å². The Kier molecular flexibility index (Phi) is 7.52. The van der Waals surface area contributed by atoms with E-state index in [-0.39, 0.29) is 16.1 Å². The number of carboxylic acids is 1. The summed E-state index contributed by atoms with van der Waals surface area (Å²) in [6.45, 7) is 6.31. The molecule has 33 heavy (non-hydrogen) atoms. The van der Waals surface area contributed by atoms with Crippen molar-refractivity contribution < 1.29 is 23.1 Å². The standard InChI is InChI=1S/C24H31N3O5S/c28-24(29)22-18-20(25-33(30,31)21-4-2-1-3-5-21)6-7-23(22)27-12-9-19(10-13-27)8-11-26-14-16-32-17-15-26/h1-7,18-19,25H,8-17H2,(H,28,29). The number of carbonyl (C=O) groups is 1. The molecular weight excluding hydrogens is 442 g/mol. The van der Waals surface area contributed by atoms with Gasteiger partial charge >= 0.3 is 5.97 Å². The van der Waals surface area contributed by atoms with E-state index in [4.69, 9.17) is 4.74 Å². The lowest BCUT2D eigenvalue weighted by atomic mass is 9.92. The van der Waals surface area contributed by atoms with Crippen LogP contribution in [0.25, 0.3) is 0 Å². The van der Waals surface area contributed by atoms with E-state index in [9.17, 15) is 18.3 Å². The fourth-order valence-corrected chi connectivity index (χ4v) is 5.58. The first-order valence-electron chi connectivity index (χ1n) is 11.4. The normalized spacial score (nSPS) is 18.2. The van der Waals surface area contributed by atoms with Crippen molar-refractivity contribution in [3.05, 3.63) is 54.1 Å². The predicted octanol–water partition coefficient (Wildman–Crippen LogP) is 3.12. The molecule has 0 atom stereocenters. The number of rotatable bonds is 8. The van der Waals surface area contributed by atoms with Crippen LogP contribution in [0.15, 0.2) is 53.4 Å². The first-order chi connectivity index (χ1) is 15.9. The molecule has 0 bridgehead atoms. The third-order valence-corrected chi connectivity index (χ3v) is 7.84. The van der Waals surface area contributed by atoms with Gasteiger partial charge in [0, 0.05) is 31.9 Å². The van der Waals surface area contributed by atoms with Crippen molar-refractivity contribution >= 4 is 27.4 Å². The zero-order valence-electron chi connectivity index (χ0n) is 18.7. The Labute approximate surface area is 195 Å². The molecule has 4 rings (SSSR count). The Morgan fingerprint density at radius 3 is 2.39 bits per heavy atom. The number of ether oxygens (including phenoxy) is 1. The van der Waals surface area contributed by atoms with Gasteiger partial charge in [0.2, 0.25) is 0 Å². The van der Waals surface area contributed by atoms with E-state index >= 15 is 0 Å². The lowest BCUT2D eigenvalue weighted by Crippen LogP contribution is -2.39. The second kappa shape index (κ2) is 10.5. The summed E-state index contributed by atoms with van der Waals surface area (Å²) < 4.78 is 33.1. The Balaban J connectivity index is 1.39. The Morgan fingerprint density at radius 1 is 1.03 bits per heavy atom. The number of morpholine rings is 1. The minimum Gasteiger partial charge on any atom is -0.478 e. The number of nitrogens with one attached hydrogen (secondary N) is 1. The van der Waals surface area contributed by atoms with Crippen LogP contribution >= 0.6 is 0 Å². The van der Waals surface area contributed by atoms with Gasteiger partial charge in [-0.05, 0) is 62.1 Å². The second-order valence-electron chi connectivity index (χ2n) is 8.63. The molecule has 178 valence electrons. The van der Waals surface area contributed by atoms with Gasteiger partial charge in [0.25, 0.3) is 10.0 Å². The number of benzene rings is 2. The summed E-state index contributed by atoms with van der Waals surface area (Å²) in [5, 5.41) is 9.80. The summed E-state index contributed by atoms with van der Waals surface area (Å²) in [4.78, 5) is 16.7. The zero-order valence-corrected chi connectivity index (χ0v) is 19.5. The molecule has 0 aliphatic carbocycles. The maximum Gasteiger partial charge on any atom is 0.337 e. The van der Waals surface area contributed by atoms with Gasteiger partial charge in [-0.2, -0.15) is 0 Å². The van der Waals surface area contributed by atoms with E-state index < -0.39 is 16.0 Å². The van der Waals surface area contributed by atoms with E-state index in [1.54, 1.807) is 30.3 Å². The van der Waals surface area contributed by atoms with Crippen molar-refractivity contribution in [3.8, 4) is 0 Å². The molecule has 2 aromatic rings. The smallest absolute Gasteiger partial charge is 0.337 e. The zero-order chi connectivity index (χ0) is 23.3. The van der Waals surface area contributed by atoms with E-state index in [0.29, 0.717) is 11.6 Å². The highest BCUT2D eigenvalue weighted by Crippen LogP contribution is 2.30. The molecule has 2 aliphatic rings. The van der Waals surface area contributed by atoms with Gasteiger partial charge in [-0.1, -0.05) is 18.2 Å². The number of anilines is 2. The second-order valence-corrected chi connectivity index (χ2v) is 10.3. The Bertz CT molecular complexity index is 1050. The summed E-state index contributed by atoms with van der Waals surface area (Å²) in [5.74, 6) is -0.436. The lowest BCUT2D eigenvalue weighted by molar-refractivity contribution is 0.0349. The van der Waals surface area contributed by atoms with Gasteiger partial charge in [0.05, 0.1) is 29.4 Å². The van der Waals surface area contributed by atoms with Gasteiger partial charge < -0.3 is 14.7 Å². The highest BCUT2D eigenvalue weighted by Gasteiger charge is 2.24. The topological polar surface area (TPSA) is 99.2 Å². The summed E-state index contributed by atoms with van der Waals surface area (Å²) in [7, 11) is -3.78. The van der Waals surface area contributed by atoms with Crippen LogP contribution in [0.1, 0.15) is 29.6 Å². The summed E-state index contributed by atoms with van der Waals surface area (Å²) in [6.07, 6.45) is 3.19. The molecule has 2 fully saturated rings. The molecule has 9 heteroatoms. The predicted molar refractivity (Wildman–Crippen MR) is 127 cm³/mol. The minimum atomic E-state index is -3.78. The highest BCUT2D eigenvalue weighted by molar-refractivity contribution is 7.92. The first-order valence-corrected chi connectivity index (χ1v) is 12.9. The number of sulfonamides is 1. The van der Waals surface area contributed by atoms with Crippen LogP contribution in [-0.2, 0) is 14.8 Å². The van der Waals surface area contributed by atoms with Crippen LogP contribution in [0.2, 0.25) is 0 Å². The number of aromatic carboxylic acids is 1. The van der Waals surface area contributed by atoms with Crippen molar-refractivity contribution in [2.45, 2.75) is 24.2 Å². The largest absolute Gasteiger partial charge is 0.478 e. The van der Waals surface area contributed by atoms with Gasteiger partial charge in [0.15, 0.2) is 0 Å². The molecule has 2 saturated heterocycles. The highest BCUT2D eigenvalue weighted by atomic mass is 32.2. The molecule has 0 aromatic heterocycles. The molecule has 0 amide bonds. The molecule has 2 heterocycles. The van der Waals surface area contributed by atoms with Gasteiger partial charge in [-0.3, -0.25) is 9.62 Å². The Hall–Kier alpha value is -2.62. The van der Waals surface area contributed by atoms with Gasteiger partial charge in [-0.15, -0.1) is 0 Å². The lowest BCUT2D eigenvalue weighted by Gasteiger charge is -2.35. The molecule has 2 aliphatic heterocycles. The third kappa shape index (κ3) is 6.04. The molecule has 2 N–H and O–H groups in total. The molecule has 8 nitrogen and oxygen atoms in total. The van der Waals surface area contributed by atoms with Crippen LogP contribution in [0, 0.1) is 5.92 Å². The third-order valence-electron chi connectivity index (χ3n) is 6.45. The number of carboxylic acid groups (broad SMARTS) is 1. The van der Waals surface area contributed by atoms with E-state index in [1.807, 2.05) is 0 Å². The molecular formula is C24H31N3O5S. The Morgan fingerprint density at radius 2 is 1.73 bits per heavy atom. The first kappa shape index (κ1) is 23.5. The summed E-state index contributed by atoms with van der Waals surface area (Å²) in [5.41, 5.74) is 0.979. The maximum atomic E-state index is 12.6. The molecule has 0 spiro atoms. The van der Waals surface area contributed by atoms with Crippen LogP contribution in [0.3, 0.4) is 0 Å². The molecule has 0 saturated carbocycles. The van der Waals surface area contributed by atoms with Crippen LogP contribution in [0.4, 0.5) is 11.4 Å². The maximum absolute atomic E-state index is 12.6. The van der Waals surface area contributed by atoms with E-state index in [2.05, 4.69) is 14.5 Å². The van der Waals surface area contributed by atoms with Crippen molar-refractivity contribution in [3.63, 3.8) is 0 Å². The number of nitrogens with zero attached hydrogens (tertiary/aromatic N) is 2. The summed E-state index contributed by atoms with van der Waals surface area (Å²) in [6, 6.07) is 12.8. The number of piperidine rings is 1. The fourth-order valence-electron chi connectivity index (χ4n) is 4.51. The van der Waals surface area contributed by atoms with Crippen molar-refractivity contribution in [1.82, 2.24) is 4.90 Å².